The largest absolute Gasteiger partial charge is 0.375 e. The van der Waals surface area contributed by atoms with Gasteiger partial charge in [0.05, 0.1) is 42.9 Å². The lowest BCUT2D eigenvalue weighted by molar-refractivity contribution is 0.0587. The summed E-state index contributed by atoms with van der Waals surface area (Å²) in [6.07, 6.45) is 7.36. The molecule has 0 N–H and O–H groups in total. The van der Waals surface area contributed by atoms with Crippen molar-refractivity contribution in [2.24, 2.45) is 0 Å². The first-order valence-electron chi connectivity index (χ1n) is 9.01. The first-order chi connectivity index (χ1) is 13.3. The smallest absolute Gasteiger partial charge is 0.0995 e. The van der Waals surface area contributed by atoms with Gasteiger partial charge in [-0.1, -0.05) is 18.2 Å². The molecule has 1 aromatic carbocycles. The number of imidazole rings is 1. The molecule has 6 heteroatoms. The zero-order chi connectivity index (χ0) is 18.5. The molecule has 0 spiro atoms. The van der Waals surface area contributed by atoms with E-state index in [0.29, 0.717) is 13.2 Å². The van der Waals surface area contributed by atoms with Gasteiger partial charge in [-0.05, 0) is 29.3 Å². The molecule has 4 rings (SSSR count). The molecule has 0 amide bonds. The molecule has 1 aliphatic heterocycles. The van der Waals surface area contributed by atoms with Crippen LogP contribution in [0.2, 0.25) is 0 Å². The summed E-state index contributed by atoms with van der Waals surface area (Å²) in [7, 11) is 0. The number of benzene rings is 1. The van der Waals surface area contributed by atoms with E-state index in [9.17, 15) is 5.26 Å². The number of aromatic nitrogens is 3. The van der Waals surface area contributed by atoms with Crippen molar-refractivity contribution < 1.29 is 4.74 Å². The summed E-state index contributed by atoms with van der Waals surface area (Å²) in [5, 5.41) is 9.34. The van der Waals surface area contributed by atoms with E-state index in [2.05, 4.69) is 25.5 Å². The SMILES string of the molecule is N#Cc1ccccc1CN1Cc2cncn2C(COCc2ccncc2)C1. The van der Waals surface area contributed by atoms with Crippen LogP contribution >= 0.6 is 0 Å². The maximum absolute atomic E-state index is 9.34. The molecule has 1 atom stereocenters. The molecule has 1 unspecified atom stereocenters. The topological polar surface area (TPSA) is 67.0 Å². The fourth-order valence-corrected chi connectivity index (χ4v) is 3.52. The van der Waals surface area contributed by atoms with Crippen molar-refractivity contribution in [2.45, 2.75) is 25.7 Å². The molecule has 6 nitrogen and oxygen atoms in total. The van der Waals surface area contributed by atoms with Gasteiger partial charge in [0.1, 0.15) is 0 Å². The number of ether oxygens (including phenoxy) is 1. The predicted molar refractivity (Wildman–Crippen MR) is 100 cm³/mol. The van der Waals surface area contributed by atoms with Crippen LogP contribution < -0.4 is 0 Å². The Hall–Kier alpha value is -3.01. The Kier molecular flexibility index (Phi) is 5.24. The van der Waals surface area contributed by atoms with Gasteiger partial charge in [0, 0.05) is 38.2 Å². The van der Waals surface area contributed by atoms with Gasteiger partial charge < -0.3 is 9.30 Å². The number of pyridine rings is 1. The van der Waals surface area contributed by atoms with Crippen molar-refractivity contribution in [2.75, 3.05) is 13.2 Å². The summed E-state index contributed by atoms with van der Waals surface area (Å²) in [6.45, 7) is 3.61. The van der Waals surface area contributed by atoms with Crippen LogP contribution in [-0.2, 0) is 24.4 Å². The number of hydrogen-bond donors (Lipinski definition) is 0. The fourth-order valence-electron chi connectivity index (χ4n) is 3.52. The average molecular weight is 359 g/mol. The lowest BCUT2D eigenvalue weighted by atomic mass is 10.1. The molecule has 3 aromatic rings. The molecule has 0 fully saturated rings. The Morgan fingerprint density at radius 1 is 1.15 bits per heavy atom. The van der Waals surface area contributed by atoms with E-state index >= 15 is 0 Å². The van der Waals surface area contributed by atoms with Gasteiger partial charge in [-0.25, -0.2) is 4.98 Å². The van der Waals surface area contributed by atoms with Crippen LogP contribution in [0, 0.1) is 11.3 Å². The van der Waals surface area contributed by atoms with Crippen molar-refractivity contribution in [1.82, 2.24) is 19.4 Å². The minimum atomic E-state index is 0.201. The van der Waals surface area contributed by atoms with E-state index in [1.54, 1.807) is 12.4 Å². The third-order valence-electron chi connectivity index (χ3n) is 4.85. The summed E-state index contributed by atoms with van der Waals surface area (Å²) in [6, 6.07) is 14.2. The van der Waals surface area contributed by atoms with Crippen LogP contribution in [0.1, 0.15) is 28.4 Å². The lowest BCUT2D eigenvalue weighted by Gasteiger charge is -2.34. The molecule has 27 heavy (non-hydrogen) atoms. The van der Waals surface area contributed by atoms with Crippen LogP contribution in [0.15, 0.2) is 61.3 Å². The zero-order valence-electron chi connectivity index (χ0n) is 15.0. The molecular weight excluding hydrogens is 338 g/mol. The van der Waals surface area contributed by atoms with E-state index in [4.69, 9.17) is 4.74 Å². The van der Waals surface area contributed by atoms with Crippen molar-refractivity contribution in [3.05, 3.63) is 83.7 Å². The minimum Gasteiger partial charge on any atom is -0.375 e. The molecule has 2 aromatic heterocycles. The van der Waals surface area contributed by atoms with Gasteiger partial charge in [0.15, 0.2) is 0 Å². The Labute approximate surface area is 158 Å². The van der Waals surface area contributed by atoms with Crippen molar-refractivity contribution in [1.29, 1.82) is 5.26 Å². The zero-order valence-corrected chi connectivity index (χ0v) is 15.0. The van der Waals surface area contributed by atoms with E-state index in [1.807, 2.05) is 48.9 Å². The summed E-state index contributed by atoms with van der Waals surface area (Å²) in [5.41, 5.74) is 4.09. The van der Waals surface area contributed by atoms with Gasteiger partial charge >= 0.3 is 0 Å². The second-order valence-corrected chi connectivity index (χ2v) is 6.76. The molecular formula is C21H21N5O. The van der Waals surface area contributed by atoms with E-state index in [1.165, 1.54) is 5.69 Å². The number of hydrogen-bond acceptors (Lipinski definition) is 5. The molecule has 136 valence electrons. The summed E-state index contributed by atoms with van der Waals surface area (Å²) in [5.74, 6) is 0. The molecule has 3 heterocycles. The maximum Gasteiger partial charge on any atom is 0.0995 e. The molecule has 0 aliphatic carbocycles. The highest BCUT2D eigenvalue weighted by molar-refractivity contribution is 5.37. The maximum atomic E-state index is 9.34. The Morgan fingerprint density at radius 3 is 2.85 bits per heavy atom. The van der Waals surface area contributed by atoms with Crippen LogP contribution in [0.3, 0.4) is 0 Å². The highest BCUT2D eigenvalue weighted by atomic mass is 16.5. The Bertz CT molecular complexity index is 931. The third-order valence-corrected chi connectivity index (χ3v) is 4.85. The second kappa shape index (κ2) is 8.12. The second-order valence-electron chi connectivity index (χ2n) is 6.76. The van der Waals surface area contributed by atoms with Crippen molar-refractivity contribution >= 4 is 0 Å². The first-order valence-corrected chi connectivity index (χ1v) is 9.01. The molecule has 1 aliphatic rings. The van der Waals surface area contributed by atoms with Crippen molar-refractivity contribution in [3.63, 3.8) is 0 Å². The Balaban J connectivity index is 1.43. The first kappa shape index (κ1) is 17.4. The molecule has 0 bridgehead atoms. The summed E-state index contributed by atoms with van der Waals surface area (Å²) >= 11 is 0. The highest BCUT2D eigenvalue weighted by Crippen LogP contribution is 2.24. The molecule has 0 saturated carbocycles. The standard InChI is InChI=1S/C21H21N5O/c22-9-18-3-1-2-4-19(18)11-25-12-20-10-24-16-26(20)21(13-25)15-27-14-17-5-7-23-8-6-17/h1-8,10,16,21H,11-15H2. The monoisotopic (exact) mass is 359 g/mol. The van der Waals surface area contributed by atoms with E-state index in [-0.39, 0.29) is 6.04 Å². The summed E-state index contributed by atoms with van der Waals surface area (Å²) in [4.78, 5) is 10.7. The lowest BCUT2D eigenvalue weighted by Crippen LogP contribution is -2.38. The van der Waals surface area contributed by atoms with Crippen LogP contribution in [0.25, 0.3) is 0 Å². The van der Waals surface area contributed by atoms with E-state index in [0.717, 1.165) is 36.3 Å². The number of nitriles is 1. The Morgan fingerprint density at radius 2 is 2.00 bits per heavy atom. The summed E-state index contributed by atoms with van der Waals surface area (Å²) < 4.78 is 8.18. The number of rotatable bonds is 6. The van der Waals surface area contributed by atoms with Gasteiger partial charge in [0.2, 0.25) is 0 Å². The van der Waals surface area contributed by atoms with Crippen LogP contribution in [0.4, 0.5) is 0 Å². The van der Waals surface area contributed by atoms with Crippen LogP contribution in [0.5, 0.6) is 0 Å². The third kappa shape index (κ3) is 4.05. The van der Waals surface area contributed by atoms with Crippen molar-refractivity contribution in [3.8, 4) is 6.07 Å². The minimum absolute atomic E-state index is 0.201. The van der Waals surface area contributed by atoms with Gasteiger partial charge in [-0.2, -0.15) is 5.26 Å². The quantitative estimate of drug-likeness (QED) is 0.677. The fraction of sp³-hybridized carbons (Fsp3) is 0.286. The molecule has 0 radical (unpaired) electrons. The van der Waals surface area contributed by atoms with Gasteiger partial charge in [-0.3, -0.25) is 9.88 Å². The van der Waals surface area contributed by atoms with Gasteiger partial charge in [-0.15, -0.1) is 0 Å². The normalized spacial score (nSPS) is 16.6. The average Bonchev–Trinajstić information content (AvgIpc) is 3.18. The van der Waals surface area contributed by atoms with Crippen LogP contribution in [-0.4, -0.2) is 32.6 Å². The molecule has 0 saturated heterocycles. The van der Waals surface area contributed by atoms with Gasteiger partial charge in [0.25, 0.3) is 0 Å². The predicted octanol–water partition coefficient (Wildman–Crippen LogP) is 2.92. The highest BCUT2D eigenvalue weighted by Gasteiger charge is 2.25. The number of nitrogens with zero attached hydrogens (tertiary/aromatic N) is 5. The number of fused-ring (bicyclic) bond motifs is 1. The van der Waals surface area contributed by atoms with E-state index < -0.39 is 0 Å².